The van der Waals surface area contributed by atoms with Crippen LogP contribution in [0, 0.1) is 34.0 Å². The molecule has 0 amide bonds. The second-order valence-electron chi connectivity index (χ2n) is 13.8. The molecule has 4 saturated carbocycles. The van der Waals surface area contributed by atoms with Gasteiger partial charge in [-0.15, -0.1) is 0 Å². The molecule has 3 heterocycles. The SMILES string of the molecule is COC(=O)[C@H](O)[C@@H]1[C@]2(C)[C@H]3CC[C@@]4(C)[C@H](C5=CC(=O)OC5O)OC(=O)C[C@@]45O[C@H]4C(=O)[C@]1(C)CC2(OC(C)=O)[C@H]4[C@@]35O. The summed E-state index contributed by atoms with van der Waals surface area (Å²) in [5.41, 5.74) is -9.40. The topological polar surface area (TPSA) is 192 Å². The first-order chi connectivity index (χ1) is 19.5. The number of cyclic esters (lactones) is 2. The quantitative estimate of drug-likeness (QED) is 0.280. The summed E-state index contributed by atoms with van der Waals surface area (Å²) in [6.07, 6.45) is -5.14. The molecular formula is C29H34O13. The summed E-state index contributed by atoms with van der Waals surface area (Å²) in [6, 6.07) is 0. The van der Waals surface area contributed by atoms with Crippen molar-refractivity contribution in [1.29, 1.82) is 0 Å². The number of carbonyl (C=O) groups is 5. The minimum atomic E-state index is -1.99. The maximum Gasteiger partial charge on any atom is 0.335 e. The van der Waals surface area contributed by atoms with Crippen LogP contribution in [-0.2, 0) is 47.7 Å². The summed E-state index contributed by atoms with van der Waals surface area (Å²) in [5.74, 6) is -6.83. The monoisotopic (exact) mass is 590 g/mol. The third-order valence-electron chi connectivity index (χ3n) is 12.5. The van der Waals surface area contributed by atoms with E-state index in [1.165, 1.54) is 6.92 Å². The summed E-state index contributed by atoms with van der Waals surface area (Å²) in [6.45, 7) is 6.28. The molecule has 2 bridgehead atoms. The molecule has 2 saturated heterocycles. The van der Waals surface area contributed by atoms with Gasteiger partial charge >= 0.3 is 23.9 Å². The zero-order valence-corrected chi connectivity index (χ0v) is 23.9. The van der Waals surface area contributed by atoms with Crippen molar-refractivity contribution in [3.8, 4) is 0 Å². The van der Waals surface area contributed by atoms with Crippen molar-refractivity contribution in [2.24, 2.45) is 34.0 Å². The molecule has 2 unspecified atom stereocenters. The van der Waals surface area contributed by atoms with Crippen molar-refractivity contribution in [1.82, 2.24) is 0 Å². The molecule has 13 nitrogen and oxygen atoms in total. The maximum absolute atomic E-state index is 14.5. The van der Waals surface area contributed by atoms with E-state index in [1.807, 2.05) is 0 Å². The Balaban J connectivity index is 1.50. The molecule has 0 aromatic carbocycles. The fourth-order valence-electron chi connectivity index (χ4n) is 11.4. The lowest BCUT2D eigenvalue weighted by atomic mass is 9.45. The van der Waals surface area contributed by atoms with Crippen LogP contribution in [0.4, 0.5) is 0 Å². The summed E-state index contributed by atoms with van der Waals surface area (Å²) in [7, 11) is 1.12. The van der Waals surface area contributed by atoms with Crippen LogP contribution in [0.2, 0.25) is 0 Å². The number of Topliss-reactive ketones (excluding diaryl/α,β-unsaturated/α-hetero) is 1. The van der Waals surface area contributed by atoms with E-state index in [0.29, 0.717) is 0 Å². The Bertz CT molecular complexity index is 1410. The predicted octanol–water partition coefficient (Wildman–Crippen LogP) is -0.531. The fourth-order valence-corrected chi connectivity index (χ4v) is 11.4. The van der Waals surface area contributed by atoms with E-state index in [-0.39, 0.29) is 24.8 Å². The largest absolute Gasteiger partial charge is 0.467 e. The average molecular weight is 591 g/mol. The van der Waals surface area contributed by atoms with Gasteiger partial charge in [-0.2, -0.15) is 0 Å². The van der Waals surface area contributed by atoms with Crippen molar-refractivity contribution in [3.05, 3.63) is 11.6 Å². The zero-order chi connectivity index (χ0) is 30.6. The van der Waals surface area contributed by atoms with E-state index < -0.39 is 111 Å². The van der Waals surface area contributed by atoms with Crippen LogP contribution in [-0.4, -0.2) is 93.5 Å². The number of ether oxygens (including phenoxy) is 5. The van der Waals surface area contributed by atoms with Gasteiger partial charge in [0.05, 0.1) is 19.4 Å². The highest BCUT2D eigenvalue weighted by atomic mass is 16.6. The number of carbonyl (C=O) groups excluding carboxylic acids is 5. The van der Waals surface area contributed by atoms with Gasteiger partial charge in [-0.25, -0.2) is 9.59 Å². The number of methoxy groups -OCH3 is 1. The molecular weight excluding hydrogens is 556 g/mol. The van der Waals surface area contributed by atoms with Gasteiger partial charge in [0.1, 0.15) is 29.0 Å². The number of rotatable bonds is 4. The number of aliphatic hydroxyl groups is 3. The summed E-state index contributed by atoms with van der Waals surface area (Å²) in [4.78, 5) is 65.6. The van der Waals surface area contributed by atoms with Gasteiger partial charge in [0.15, 0.2) is 11.9 Å². The van der Waals surface area contributed by atoms with Crippen LogP contribution in [0.1, 0.15) is 53.4 Å². The van der Waals surface area contributed by atoms with Gasteiger partial charge in [-0.1, -0.05) is 20.8 Å². The van der Waals surface area contributed by atoms with E-state index in [2.05, 4.69) is 0 Å². The number of aliphatic hydroxyl groups excluding tert-OH is 2. The Labute approximate surface area is 240 Å². The van der Waals surface area contributed by atoms with Crippen LogP contribution in [0.3, 0.4) is 0 Å². The second kappa shape index (κ2) is 7.79. The summed E-state index contributed by atoms with van der Waals surface area (Å²) >= 11 is 0. The first-order valence-electron chi connectivity index (χ1n) is 14.2. The second-order valence-corrected chi connectivity index (χ2v) is 13.8. The number of ketones is 1. The first-order valence-corrected chi connectivity index (χ1v) is 14.2. The third kappa shape index (κ3) is 2.58. The normalized spacial score (nSPS) is 53.6. The van der Waals surface area contributed by atoms with Crippen molar-refractivity contribution in [2.75, 3.05) is 7.11 Å². The highest BCUT2D eigenvalue weighted by molar-refractivity contribution is 5.95. The highest BCUT2D eigenvalue weighted by Gasteiger charge is 2.97. The van der Waals surface area contributed by atoms with E-state index >= 15 is 0 Å². The molecule has 0 radical (unpaired) electrons. The molecule has 228 valence electrons. The van der Waals surface area contributed by atoms with Gasteiger partial charge in [0, 0.05) is 53.1 Å². The Kier molecular flexibility index (Phi) is 5.18. The molecule has 13 atom stereocenters. The molecule has 0 aromatic heterocycles. The highest BCUT2D eigenvalue weighted by Crippen LogP contribution is 2.85. The fraction of sp³-hybridized carbons (Fsp3) is 0.759. The van der Waals surface area contributed by atoms with Gasteiger partial charge in [-0.05, 0) is 12.8 Å². The minimum absolute atomic E-state index is 0.00696. The molecule has 1 spiro atoms. The standard InChI is InChI=1S/C29H34O13/c1-11(30)41-27-10-24(2)18(16(33)23(36)38-5)26(27,4)13-6-7-25(3)21(12-8-14(31)40-22(12)35)39-15(32)9-28(25)29(13,37)19(27)17(42-28)20(24)34/h8,13,16-19,21-22,33,35,37H,6-7,9-10H2,1-5H3/t13-,16-,17-,18+,19+,21+,22?,24-,25+,26+,27?,28-,29+/m1/s1. The third-order valence-corrected chi connectivity index (χ3v) is 12.5. The molecule has 42 heavy (non-hydrogen) atoms. The Hall–Kier alpha value is -2.87. The van der Waals surface area contributed by atoms with Crippen LogP contribution in [0.5, 0.6) is 0 Å². The molecule has 6 fully saturated rings. The summed E-state index contributed by atoms with van der Waals surface area (Å²) < 4.78 is 28.4. The molecule has 3 N–H and O–H groups in total. The van der Waals surface area contributed by atoms with Gasteiger partial charge in [-0.3, -0.25) is 14.4 Å². The first kappa shape index (κ1) is 27.9. The van der Waals surface area contributed by atoms with Crippen molar-refractivity contribution >= 4 is 29.7 Å². The van der Waals surface area contributed by atoms with Crippen LogP contribution in [0.25, 0.3) is 0 Å². The van der Waals surface area contributed by atoms with Crippen molar-refractivity contribution < 1.29 is 63.0 Å². The van der Waals surface area contributed by atoms with Crippen LogP contribution >= 0.6 is 0 Å². The number of hydrogen-bond donors (Lipinski definition) is 3. The molecule has 13 heteroatoms. The summed E-state index contributed by atoms with van der Waals surface area (Å²) in [5, 5.41) is 35.3. The number of hydrogen-bond acceptors (Lipinski definition) is 13. The Morgan fingerprint density at radius 2 is 1.83 bits per heavy atom. The van der Waals surface area contributed by atoms with Gasteiger partial charge in [0.25, 0.3) is 0 Å². The van der Waals surface area contributed by atoms with Crippen molar-refractivity contribution in [3.63, 3.8) is 0 Å². The minimum Gasteiger partial charge on any atom is -0.467 e. The molecule has 7 aliphatic rings. The lowest BCUT2D eigenvalue weighted by molar-refractivity contribution is -0.290. The van der Waals surface area contributed by atoms with Crippen LogP contribution < -0.4 is 0 Å². The molecule has 3 aliphatic heterocycles. The number of fused-ring (bicyclic) bond motifs is 2. The van der Waals surface area contributed by atoms with Crippen LogP contribution in [0.15, 0.2) is 11.6 Å². The van der Waals surface area contributed by atoms with E-state index in [9.17, 15) is 39.3 Å². The predicted molar refractivity (Wildman–Crippen MR) is 133 cm³/mol. The lowest BCUT2D eigenvalue weighted by Crippen LogP contribution is -2.74. The smallest absolute Gasteiger partial charge is 0.335 e. The lowest BCUT2D eigenvalue weighted by Gasteiger charge is -2.63. The molecule has 7 rings (SSSR count). The average Bonchev–Trinajstić information content (AvgIpc) is 3.48. The van der Waals surface area contributed by atoms with E-state index in [0.717, 1.165) is 13.2 Å². The Morgan fingerprint density at radius 1 is 1.14 bits per heavy atom. The van der Waals surface area contributed by atoms with Crippen molar-refractivity contribution in [2.45, 2.75) is 94.8 Å². The Morgan fingerprint density at radius 3 is 2.43 bits per heavy atom. The van der Waals surface area contributed by atoms with E-state index in [4.69, 9.17) is 23.7 Å². The molecule has 0 aromatic rings. The van der Waals surface area contributed by atoms with E-state index in [1.54, 1.807) is 20.8 Å². The van der Waals surface area contributed by atoms with Gasteiger partial charge < -0.3 is 39.0 Å². The number of esters is 4. The maximum atomic E-state index is 14.5. The molecule has 4 aliphatic carbocycles. The van der Waals surface area contributed by atoms with Gasteiger partial charge in [0.2, 0.25) is 6.29 Å². The zero-order valence-electron chi connectivity index (χ0n) is 23.9.